The maximum absolute atomic E-state index is 12.5. The van der Waals surface area contributed by atoms with E-state index in [1.54, 1.807) is 0 Å². The fourth-order valence-corrected chi connectivity index (χ4v) is 0.423. The second-order valence-corrected chi connectivity index (χ2v) is 1.82. The Hall–Kier alpha value is -1.12. The second-order valence-electron chi connectivity index (χ2n) is 1.82. The molecule has 0 aromatic heterocycles. The number of aliphatic carboxylic acids is 1. The predicted molar refractivity (Wildman–Crippen MR) is 36.5 cm³/mol. The van der Waals surface area contributed by atoms with Gasteiger partial charge in [0.15, 0.2) is 0 Å². The lowest BCUT2D eigenvalue weighted by Crippen LogP contribution is -2.11. The summed E-state index contributed by atoms with van der Waals surface area (Å²) in [6, 6.07) is 0. The van der Waals surface area contributed by atoms with Crippen LogP contribution in [0.25, 0.3) is 0 Å². The summed E-state index contributed by atoms with van der Waals surface area (Å²) in [5.74, 6) is -1.30. The zero-order valence-corrected chi connectivity index (χ0v) is 5.51. The van der Waals surface area contributed by atoms with Gasteiger partial charge >= 0.3 is 5.97 Å². The molecule has 56 valence electrons. The molecule has 3 heteroatoms. The molecule has 0 fully saturated rings. The Morgan fingerprint density at radius 1 is 1.80 bits per heavy atom. The Morgan fingerprint density at radius 2 is 2.30 bits per heavy atom. The van der Waals surface area contributed by atoms with Crippen molar-refractivity contribution in [3.8, 4) is 0 Å². The van der Waals surface area contributed by atoms with E-state index in [1.165, 1.54) is 6.08 Å². The molecule has 0 aromatic rings. The van der Waals surface area contributed by atoms with Crippen LogP contribution < -0.4 is 0 Å². The largest absolute Gasteiger partial charge is 0.478 e. The van der Waals surface area contributed by atoms with E-state index in [4.69, 9.17) is 5.11 Å². The fraction of sp³-hybridized carbons (Fsp3) is 0.286. The highest BCUT2D eigenvalue weighted by atomic mass is 19.1. The minimum atomic E-state index is -1.50. The summed E-state index contributed by atoms with van der Waals surface area (Å²) in [7, 11) is 0. The van der Waals surface area contributed by atoms with Crippen LogP contribution in [0.15, 0.2) is 24.8 Å². The van der Waals surface area contributed by atoms with Gasteiger partial charge < -0.3 is 5.11 Å². The van der Waals surface area contributed by atoms with Crippen LogP contribution in [0, 0.1) is 0 Å². The molecule has 10 heavy (non-hydrogen) atoms. The van der Waals surface area contributed by atoms with E-state index < -0.39 is 17.7 Å². The topological polar surface area (TPSA) is 37.3 Å². The first kappa shape index (κ1) is 8.88. The van der Waals surface area contributed by atoms with Crippen LogP contribution in [0.1, 0.15) is 6.42 Å². The number of carboxylic acid groups (broad SMARTS) is 1. The summed E-state index contributed by atoms with van der Waals surface area (Å²) in [4.78, 5) is 10.0. The first-order valence-corrected chi connectivity index (χ1v) is 2.76. The number of rotatable bonds is 4. The molecule has 0 aliphatic rings. The van der Waals surface area contributed by atoms with Crippen molar-refractivity contribution in [1.29, 1.82) is 0 Å². The average Bonchev–Trinajstić information content (AvgIpc) is 1.87. The lowest BCUT2D eigenvalue weighted by atomic mass is 10.1. The van der Waals surface area contributed by atoms with Crippen LogP contribution in [-0.2, 0) is 4.79 Å². The SMILES string of the molecule is C=CCC(F)C(=C)C(=O)O. The lowest BCUT2D eigenvalue weighted by Gasteiger charge is -2.02. The van der Waals surface area contributed by atoms with Crippen LogP contribution in [-0.4, -0.2) is 17.2 Å². The summed E-state index contributed by atoms with van der Waals surface area (Å²) in [6.45, 7) is 6.32. The van der Waals surface area contributed by atoms with Crippen molar-refractivity contribution in [2.24, 2.45) is 0 Å². The maximum atomic E-state index is 12.5. The number of carbonyl (C=O) groups is 1. The van der Waals surface area contributed by atoms with Gasteiger partial charge in [-0.05, 0) is 0 Å². The van der Waals surface area contributed by atoms with E-state index in [-0.39, 0.29) is 6.42 Å². The molecule has 0 saturated carbocycles. The number of allylic oxidation sites excluding steroid dienone is 1. The molecule has 0 radical (unpaired) electrons. The quantitative estimate of drug-likeness (QED) is 0.480. The molecule has 2 nitrogen and oxygen atoms in total. The monoisotopic (exact) mass is 144 g/mol. The van der Waals surface area contributed by atoms with Crippen LogP contribution >= 0.6 is 0 Å². The van der Waals surface area contributed by atoms with Crippen molar-refractivity contribution < 1.29 is 14.3 Å². The third-order valence-corrected chi connectivity index (χ3v) is 1.03. The van der Waals surface area contributed by atoms with Gasteiger partial charge in [-0.15, -0.1) is 6.58 Å². The molecule has 0 aliphatic carbocycles. The summed E-state index contributed by atoms with van der Waals surface area (Å²) in [5, 5.41) is 8.21. The third-order valence-electron chi connectivity index (χ3n) is 1.03. The summed E-state index contributed by atoms with van der Waals surface area (Å²) in [5.41, 5.74) is -0.417. The second kappa shape index (κ2) is 3.82. The van der Waals surface area contributed by atoms with Crippen molar-refractivity contribution in [3.05, 3.63) is 24.8 Å². The van der Waals surface area contributed by atoms with Crippen molar-refractivity contribution >= 4 is 5.97 Å². The number of hydrogen-bond donors (Lipinski definition) is 1. The first-order valence-electron chi connectivity index (χ1n) is 2.76. The summed E-state index contributed by atoms with van der Waals surface area (Å²) < 4.78 is 12.5. The number of carboxylic acids is 1. The van der Waals surface area contributed by atoms with E-state index in [0.29, 0.717) is 0 Å². The normalized spacial score (nSPS) is 12.1. The third kappa shape index (κ3) is 2.44. The van der Waals surface area contributed by atoms with Gasteiger partial charge in [-0.25, -0.2) is 9.18 Å². The number of halogens is 1. The van der Waals surface area contributed by atoms with E-state index in [2.05, 4.69) is 13.2 Å². The fourth-order valence-electron chi connectivity index (χ4n) is 0.423. The zero-order valence-electron chi connectivity index (χ0n) is 5.51. The van der Waals surface area contributed by atoms with Crippen molar-refractivity contribution in [3.63, 3.8) is 0 Å². The molecule has 0 aliphatic heterocycles. The molecule has 1 N–H and O–H groups in total. The van der Waals surface area contributed by atoms with Crippen LogP contribution in [0.3, 0.4) is 0 Å². The van der Waals surface area contributed by atoms with Gasteiger partial charge in [0.25, 0.3) is 0 Å². The van der Waals surface area contributed by atoms with Gasteiger partial charge in [-0.2, -0.15) is 0 Å². The molecule has 0 saturated heterocycles. The lowest BCUT2D eigenvalue weighted by molar-refractivity contribution is -0.133. The molecule has 0 rings (SSSR count). The van der Waals surface area contributed by atoms with Gasteiger partial charge in [-0.1, -0.05) is 12.7 Å². The standard InChI is InChI=1S/C7H9FO2/c1-3-4-6(8)5(2)7(9)10/h3,6H,1-2,4H2,(H,9,10). The Labute approximate surface area is 58.7 Å². The highest BCUT2D eigenvalue weighted by Gasteiger charge is 2.14. The Balaban J connectivity index is 3.94. The average molecular weight is 144 g/mol. The molecule has 1 atom stereocenters. The van der Waals surface area contributed by atoms with Crippen LogP contribution in [0.4, 0.5) is 4.39 Å². The number of alkyl halides is 1. The summed E-state index contributed by atoms with van der Waals surface area (Å²) >= 11 is 0. The minimum absolute atomic E-state index is 0.00509. The van der Waals surface area contributed by atoms with Crippen molar-refractivity contribution in [1.82, 2.24) is 0 Å². The molecule has 0 bridgehead atoms. The minimum Gasteiger partial charge on any atom is -0.478 e. The predicted octanol–water partition coefficient (Wildman–Crippen LogP) is 1.54. The highest BCUT2D eigenvalue weighted by Crippen LogP contribution is 2.08. The van der Waals surface area contributed by atoms with E-state index in [0.717, 1.165) is 0 Å². The van der Waals surface area contributed by atoms with E-state index in [1.807, 2.05) is 0 Å². The molecule has 0 aromatic carbocycles. The van der Waals surface area contributed by atoms with Gasteiger partial charge in [0.1, 0.15) is 6.17 Å². The Kier molecular flexibility index (Phi) is 3.39. The first-order chi connectivity index (χ1) is 4.59. The van der Waals surface area contributed by atoms with Crippen molar-refractivity contribution in [2.75, 3.05) is 0 Å². The molecular formula is C7H9FO2. The summed E-state index contributed by atoms with van der Waals surface area (Å²) in [6.07, 6.45) is -0.181. The van der Waals surface area contributed by atoms with Crippen LogP contribution in [0.2, 0.25) is 0 Å². The van der Waals surface area contributed by atoms with Gasteiger partial charge in [0, 0.05) is 6.42 Å². The Morgan fingerprint density at radius 3 is 2.60 bits per heavy atom. The van der Waals surface area contributed by atoms with Gasteiger partial charge in [0.05, 0.1) is 5.57 Å². The van der Waals surface area contributed by atoms with Crippen molar-refractivity contribution in [2.45, 2.75) is 12.6 Å². The molecule has 1 unspecified atom stereocenters. The maximum Gasteiger partial charge on any atom is 0.333 e. The van der Waals surface area contributed by atoms with E-state index in [9.17, 15) is 9.18 Å². The van der Waals surface area contributed by atoms with Gasteiger partial charge in [-0.3, -0.25) is 0 Å². The molecular weight excluding hydrogens is 135 g/mol. The van der Waals surface area contributed by atoms with E-state index >= 15 is 0 Å². The van der Waals surface area contributed by atoms with Gasteiger partial charge in [0.2, 0.25) is 0 Å². The molecule has 0 amide bonds. The number of hydrogen-bond acceptors (Lipinski definition) is 1. The molecule has 0 spiro atoms. The zero-order chi connectivity index (χ0) is 8.15. The smallest absolute Gasteiger partial charge is 0.333 e. The highest BCUT2D eigenvalue weighted by molar-refractivity contribution is 5.86. The Bertz CT molecular complexity index is 163. The van der Waals surface area contributed by atoms with Crippen LogP contribution in [0.5, 0.6) is 0 Å². The molecule has 0 heterocycles.